The summed E-state index contributed by atoms with van der Waals surface area (Å²) >= 11 is 1.52. The Hall–Kier alpha value is -2.93. The van der Waals surface area contributed by atoms with E-state index in [1.54, 1.807) is 31.2 Å². The number of nitrogens with zero attached hydrogens (tertiary/aromatic N) is 1. The quantitative estimate of drug-likeness (QED) is 0.642. The smallest absolute Gasteiger partial charge is 0.308 e. The summed E-state index contributed by atoms with van der Waals surface area (Å²) in [5, 5.41) is 4.71. The van der Waals surface area contributed by atoms with Crippen molar-refractivity contribution in [3.63, 3.8) is 0 Å². The Bertz CT molecular complexity index is 859. The van der Waals surface area contributed by atoms with Gasteiger partial charge in [0.05, 0.1) is 11.3 Å². The zero-order valence-corrected chi connectivity index (χ0v) is 15.0. The molecule has 26 heavy (non-hydrogen) atoms. The van der Waals surface area contributed by atoms with E-state index in [-0.39, 0.29) is 25.0 Å². The van der Waals surface area contributed by atoms with Crippen LogP contribution in [0.3, 0.4) is 0 Å². The molecule has 1 unspecified atom stereocenters. The number of benzene rings is 1. The number of hydrogen-bond acceptors (Lipinski definition) is 6. The second-order valence-corrected chi connectivity index (χ2v) is 6.67. The molecule has 0 bridgehead atoms. The van der Waals surface area contributed by atoms with Gasteiger partial charge >= 0.3 is 5.97 Å². The van der Waals surface area contributed by atoms with Crippen LogP contribution in [0.1, 0.15) is 29.4 Å². The molecule has 0 saturated heterocycles. The Kier molecular flexibility index (Phi) is 5.80. The van der Waals surface area contributed by atoms with Crippen LogP contribution in [0.2, 0.25) is 0 Å². The Morgan fingerprint density at radius 2 is 2.04 bits per heavy atom. The Balaban J connectivity index is 1.44. The number of carbonyl (C=O) groups is 2. The fraction of sp³-hybridized carbons (Fsp3) is 0.211. The minimum absolute atomic E-state index is 0.0348. The summed E-state index contributed by atoms with van der Waals surface area (Å²) in [5.41, 5.74) is 1.10. The fourth-order valence-electron chi connectivity index (χ4n) is 2.30. The van der Waals surface area contributed by atoms with E-state index in [0.717, 1.165) is 4.88 Å². The predicted octanol–water partition coefficient (Wildman–Crippen LogP) is 3.65. The van der Waals surface area contributed by atoms with E-state index in [1.807, 2.05) is 23.6 Å². The van der Waals surface area contributed by atoms with Gasteiger partial charge in [-0.05, 0) is 30.5 Å². The van der Waals surface area contributed by atoms with Crippen molar-refractivity contribution in [3.05, 3.63) is 65.4 Å². The largest absolute Gasteiger partial charge is 0.459 e. The molecule has 0 spiro atoms. The maximum absolute atomic E-state index is 12.0. The van der Waals surface area contributed by atoms with Crippen molar-refractivity contribution >= 4 is 23.2 Å². The van der Waals surface area contributed by atoms with Crippen molar-refractivity contribution in [2.75, 3.05) is 0 Å². The zero-order valence-electron chi connectivity index (χ0n) is 14.2. The second kappa shape index (κ2) is 8.44. The van der Waals surface area contributed by atoms with E-state index in [0.29, 0.717) is 17.1 Å². The summed E-state index contributed by atoms with van der Waals surface area (Å²) in [7, 11) is 0. The van der Waals surface area contributed by atoms with Gasteiger partial charge in [-0.1, -0.05) is 24.3 Å². The van der Waals surface area contributed by atoms with Crippen LogP contribution in [0.15, 0.2) is 58.5 Å². The van der Waals surface area contributed by atoms with Crippen molar-refractivity contribution in [2.24, 2.45) is 0 Å². The van der Waals surface area contributed by atoms with Crippen LogP contribution in [0.5, 0.6) is 0 Å². The van der Waals surface area contributed by atoms with Gasteiger partial charge in [-0.25, -0.2) is 4.98 Å². The minimum atomic E-state index is -0.411. The summed E-state index contributed by atoms with van der Waals surface area (Å²) in [6, 6.07) is 12.3. The number of amides is 1. The van der Waals surface area contributed by atoms with Gasteiger partial charge in [0.15, 0.2) is 0 Å². The van der Waals surface area contributed by atoms with E-state index >= 15 is 0 Å². The van der Waals surface area contributed by atoms with Gasteiger partial charge in [-0.3, -0.25) is 9.59 Å². The van der Waals surface area contributed by atoms with Crippen LogP contribution in [0.25, 0.3) is 10.8 Å². The summed E-state index contributed by atoms with van der Waals surface area (Å²) in [6.07, 6.45) is 1.55. The lowest BCUT2D eigenvalue weighted by molar-refractivity contribution is -0.145. The average Bonchev–Trinajstić information content (AvgIpc) is 3.32. The number of esters is 1. The molecule has 2 aromatic heterocycles. The van der Waals surface area contributed by atoms with Crippen LogP contribution in [-0.4, -0.2) is 22.9 Å². The molecule has 0 aliphatic heterocycles. The highest BCUT2D eigenvalue weighted by molar-refractivity contribution is 7.13. The Morgan fingerprint density at radius 3 is 2.77 bits per heavy atom. The first kappa shape index (κ1) is 17.9. The first-order valence-electron chi connectivity index (χ1n) is 8.11. The molecule has 0 fully saturated rings. The lowest BCUT2D eigenvalue weighted by Gasteiger charge is -2.13. The molecule has 1 amide bonds. The molecule has 3 rings (SSSR count). The maximum Gasteiger partial charge on any atom is 0.308 e. The summed E-state index contributed by atoms with van der Waals surface area (Å²) in [4.78, 5) is 29.2. The molecule has 6 nitrogen and oxygen atoms in total. The number of thiophene rings is 1. The number of ether oxygens (including phenoxy) is 1. The molecule has 1 aromatic carbocycles. The number of aromatic nitrogens is 1. The summed E-state index contributed by atoms with van der Waals surface area (Å²) < 4.78 is 10.6. The van der Waals surface area contributed by atoms with Crippen molar-refractivity contribution in [3.8, 4) is 10.8 Å². The van der Waals surface area contributed by atoms with Gasteiger partial charge in [-0.15, -0.1) is 11.3 Å². The van der Waals surface area contributed by atoms with Gasteiger partial charge in [0.1, 0.15) is 18.6 Å². The number of oxazole rings is 1. The average molecular weight is 370 g/mol. The van der Waals surface area contributed by atoms with Gasteiger partial charge in [0.2, 0.25) is 5.89 Å². The predicted molar refractivity (Wildman–Crippen MR) is 97.6 cm³/mol. The van der Waals surface area contributed by atoms with Crippen LogP contribution >= 0.6 is 11.3 Å². The second-order valence-electron chi connectivity index (χ2n) is 5.73. The van der Waals surface area contributed by atoms with Gasteiger partial charge in [0.25, 0.3) is 5.91 Å². The topological polar surface area (TPSA) is 81.4 Å². The summed E-state index contributed by atoms with van der Waals surface area (Å²) in [5.74, 6) is -0.121. The van der Waals surface area contributed by atoms with E-state index < -0.39 is 5.97 Å². The molecular formula is C19H18N2O4S. The molecule has 2 heterocycles. The van der Waals surface area contributed by atoms with Crippen molar-refractivity contribution in [1.82, 2.24) is 10.3 Å². The molecule has 1 N–H and O–H groups in total. The molecule has 134 valence electrons. The Labute approximate surface area is 154 Å². The number of carbonyl (C=O) groups excluding carboxylic acids is 2. The van der Waals surface area contributed by atoms with Crippen LogP contribution in [-0.2, 0) is 16.1 Å². The highest BCUT2D eigenvalue weighted by Crippen LogP contribution is 2.23. The lowest BCUT2D eigenvalue weighted by Crippen LogP contribution is -2.34. The number of nitrogens with one attached hydrogen (secondary N) is 1. The third kappa shape index (κ3) is 4.80. The normalized spacial score (nSPS) is 11.7. The van der Waals surface area contributed by atoms with Crippen LogP contribution in [0, 0.1) is 0 Å². The fourth-order valence-corrected chi connectivity index (χ4v) is 2.95. The highest BCUT2D eigenvalue weighted by atomic mass is 32.1. The monoisotopic (exact) mass is 370 g/mol. The van der Waals surface area contributed by atoms with Crippen molar-refractivity contribution < 1.29 is 18.7 Å². The standard InChI is InChI=1S/C19H18N2O4S/c1-13(20-18(23)14-6-3-2-4-7-14)10-17(22)24-11-15-12-25-19(21-15)16-8-5-9-26-16/h2-9,12-13H,10-11H2,1H3,(H,20,23). The third-order valence-electron chi connectivity index (χ3n) is 3.55. The molecule has 1 atom stereocenters. The molecule has 0 aliphatic carbocycles. The summed E-state index contributed by atoms with van der Waals surface area (Å²) in [6.45, 7) is 1.79. The molecular weight excluding hydrogens is 352 g/mol. The first-order valence-corrected chi connectivity index (χ1v) is 8.99. The first-order chi connectivity index (χ1) is 12.6. The molecule has 3 aromatic rings. The van der Waals surface area contributed by atoms with Crippen molar-refractivity contribution in [2.45, 2.75) is 26.0 Å². The van der Waals surface area contributed by atoms with E-state index in [4.69, 9.17) is 9.15 Å². The van der Waals surface area contributed by atoms with E-state index in [2.05, 4.69) is 10.3 Å². The lowest BCUT2D eigenvalue weighted by atomic mass is 10.2. The van der Waals surface area contributed by atoms with Gasteiger partial charge in [-0.2, -0.15) is 0 Å². The van der Waals surface area contributed by atoms with Crippen LogP contribution < -0.4 is 5.32 Å². The highest BCUT2D eigenvalue weighted by Gasteiger charge is 2.15. The van der Waals surface area contributed by atoms with Gasteiger partial charge < -0.3 is 14.5 Å². The minimum Gasteiger partial charge on any atom is -0.459 e. The van der Waals surface area contributed by atoms with E-state index in [9.17, 15) is 9.59 Å². The molecule has 0 saturated carbocycles. The van der Waals surface area contributed by atoms with Gasteiger partial charge in [0, 0.05) is 11.6 Å². The van der Waals surface area contributed by atoms with Crippen molar-refractivity contribution in [1.29, 1.82) is 0 Å². The third-order valence-corrected chi connectivity index (χ3v) is 4.41. The number of hydrogen-bond donors (Lipinski definition) is 1. The maximum atomic E-state index is 12.0. The van der Waals surface area contributed by atoms with Crippen LogP contribution in [0.4, 0.5) is 0 Å². The SMILES string of the molecule is CC(CC(=O)OCc1coc(-c2cccs2)n1)NC(=O)c1ccccc1. The molecule has 7 heteroatoms. The zero-order chi connectivity index (χ0) is 18.4. The number of rotatable bonds is 7. The molecule has 0 aliphatic rings. The molecule has 0 radical (unpaired) electrons. The van der Waals surface area contributed by atoms with E-state index in [1.165, 1.54) is 17.6 Å². The Morgan fingerprint density at radius 1 is 1.23 bits per heavy atom.